The number of nitrogens with two attached hydrogens (primary N) is 1. The van der Waals surface area contributed by atoms with E-state index >= 15 is 0 Å². The second-order valence-electron chi connectivity index (χ2n) is 4.74. The van der Waals surface area contributed by atoms with Gasteiger partial charge in [-0.25, -0.2) is 0 Å². The van der Waals surface area contributed by atoms with Crippen molar-refractivity contribution in [3.05, 3.63) is 40.4 Å². The molecule has 2 aromatic rings. The third kappa shape index (κ3) is 2.23. The number of aromatic nitrogens is 2. The van der Waals surface area contributed by atoms with Gasteiger partial charge in [-0.15, -0.1) is 10.2 Å². The Morgan fingerprint density at radius 1 is 1.28 bits per heavy atom. The Kier molecular flexibility index (Phi) is 3.01. The van der Waals surface area contributed by atoms with Gasteiger partial charge in [-0.1, -0.05) is 35.6 Å². The molecule has 1 aromatic carbocycles. The molecular formula is C13H16N4S. The summed E-state index contributed by atoms with van der Waals surface area (Å²) in [6.07, 6.45) is 2.18. The summed E-state index contributed by atoms with van der Waals surface area (Å²) in [4.78, 5) is 0. The molecule has 5 heteroatoms. The first kappa shape index (κ1) is 11.6. The first-order chi connectivity index (χ1) is 8.72. The number of nitrogens with one attached hydrogen (secondary N) is 1. The van der Waals surface area contributed by atoms with Crippen molar-refractivity contribution >= 4 is 16.5 Å². The van der Waals surface area contributed by atoms with E-state index in [0.717, 1.165) is 17.8 Å². The lowest BCUT2D eigenvalue weighted by atomic mass is 10.1. The van der Waals surface area contributed by atoms with Crippen LogP contribution in [0.15, 0.2) is 24.3 Å². The van der Waals surface area contributed by atoms with E-state index in [2.05, 4.69) is 46.7 Å². The Bertz CT molecular complexity index is 526. The number of hydrogen-bond donors (Lipinski definition) is 2. The SMILES string of the molecule is CC(NC1Cc2ccccc2C1)c1nnc(N)s1. The zero-order valence-corrected chi connectivity index (χ0v) is 11.1. The van der Waals surface area contributed by atoms with Crippen molar-refractivity contribution in [3.63, 3.8) is 0 Å². The van der Waals surface area contributed by atoms with Gasteiger partial charge in [-0.2, -0.15) is 0 Å². The third-order valence-corrected chi connectivity index (χ3v) is 4.30. The molecule has 0 spiro atoms. The lowest BCUT2D eigenvalue weighted by Gasteiger charge is -2.16. The number of benzene rings is 1. The minimum absolute atomic E-state index is 0.208. The fourth-order valence-corrected chi connectivity index (χ4v) is 3.15. The molecule has 0 saturated carbocycles. The summed E-state index contributed by atoms with van der Waals surface area (Å²) in [6.45, 7) is 2.11. The summed E-state index contributed by atoms with van der Waals surface area (Å²) < 4.78 is 0. The van der Waals surface area contributed by atoms with Gasteiger partial charge in [0.15, 0.2) is 0 Å². The first-order valence-electron chi connectivity index (χ1n) is 6.14. The zero-order valence-electron chi connectivity index (χ0n) is 10.3. The maximum absolute atomic E-state index is 5.61. The van der Waals surface area contributed by atoms with Crippen molar-refractivity contribution in [2.24, 2.45) is 0 Å². The first-order valence-corrected chi connectivity index (χ1v) is 6.95. The van der Waals surface area contributed by atoms with Crippen LogP contribution < -0.4 is 11.1 Å². The molecule has 18 heavy (non-hydrogen) atoms. The second-order valence-corrected chi connectivity index (χ2v) is 5.78. The van der Waals surface area contributed by atoms with Crippen LogP contribution in [-0.2, 0) is 12.8 Å². The van der Waals surface area contributed by atoms with Crippen LogP contribution in [0, 0.1) is 0 Å². The highest BCUT2D eigenvalue weighted by molar-refractivity contribution is 7.15. The highest BCUT2D eigenvalue weighted by Crippen LogP contribution is 2.25. The van der Waals surface area contributed by atoms with Crippen molar-refractivity contribution in [2.75, 3.05) is 5.73 Å². The molecule has 0 aliphatic heterocycles. The Morgan fingerprint density at radius 3 is 2.50 bits per heavy atom. The highest BCUT2D eigenvalue weighted by atomic mass is 32.1. The highest BCUT2D eigenvalue weighted by Gasteiger charge is 2.23. The quantitative estimate of drug-likeness (QED) is 0.885. The number of anilines is 1. The minimum Gasteiger partial charge on any atom is -0.374 e. The monoisotopic (exact) mass is 260 g/mol. The summed E-state index contributed by atoms with van der Waals surface area (Å²) >= 11 is 1.46. The Hall–Kier alpha value is -1.46. The van der Waals surface area contributed by atoms with Crippen LogP contribution in [0.5, 0.6) is 0 Å². The molecule has 1 aliphatic rings. The van der Waals surface area contributed by atoms with Crippen LogP contribution in [0.4, 0.5) is 5.13 Å². The predicted octanol–water partition coefficient (Wildman–Crippen LogP) is 1.94. The molecule has 4 nitrogen and oxygen atoms in total. The van der Waals surface area contributed by atoms with Gasteiger partial charge < -0.3 is 11.1 Å². The van der Waals surface area contributed by atoms with Crippen LogP contribution in [0.25, 0.3) is 0 Å². The molecule has 1 atom stereocenters. The number of nitrogen functional groups attached to an aromatic ring is 1. The van der Waals surface area contributed by atoms with Gasteiger partial charge in [0.25, 0.3) is 0 Å². The van der Waals surface area contributed by atoms with Crippen molar-refractivity contribution < 1.29 is 0 Å². The molecule has 1 unspecified atom stereocenters. The standard InChI is InChI=1S/C13H16N4S/c1-8(12-16-17-13(14)18-12)15-11-6-9-4-2-3-5-10(9)7-11/h2-5,8,11,15H,6-7H2,1H3,(H2,14,17). The third-order valence-electron chi connectivity index (χ3n) is 3.36. The topological polar surface area (TPSA) is 63.8 Å². The molecule has 0 bridgehead atoms. The summed E-state index contributed by atoms with van der Waals surface area (Å²) in [5.74, 6) is 0. The van der Waals surface area contributed by atoms with Gasteiger partial charge >= 0.3 is 0 Å². The van der Waals surface area contributed by atoms with Crippen LogP contribution in [0.3, 0.4) is 0 Å². The van der Waals surface area contributed by atoms with Crippen LogP contribution >= 0.6 is 11.3 Å². The van der Waals surface area contributed by atoms with Crippen LogP contribution in [-0.4, -0.2) is 16.2 Å². The average molecular weight is 260 g/mol. The van der Waals surface area contributed by atoms with E-state index in [0.29, 0.717) is 11.2 Å². The minimum atomic E-state index is 0.208. The number of fused-ring (bicyclic) bond motifs is 1. The lowest BCUT2D eigenvalue weighted by molar-refractivity contribution is 0.464. The molecule has 0 radical (unpaired) electrons. The van der Waals surface area contributed by atoms with E-state index < -0.39 is 0 Å². The van der Waals surface area contributed by atoms with Crippen molar-refractivity contribution in [1.82, 2.24) is 15.5 Å². The Labute approximate surface area is 110 Å². The normalized spacial score (nSPS) is 16.7. The number of nitrogens with zero attached hydrogens (tertiary/aromatic N) is 2. The van der Waals surface area contributed by atoms with Crippen molar-refractivity contribution in [3.8, 4) is 0 Å². The summed E-state index contributed by atoms with van der Waals surface area (Å²) in [5.41, 5.74) is 8.53. The summed E-state index contributed by atoms with van der Waals surface area (Å²) in [5, 5.41) is 13.1. The maximum atomic E-state index is 5.61. The van der Waals surface area contributed by atoms with Gasteiger partial charge in [-0.05, 0) is 30.9 Å². The Balaban J connectivity index is 1.66. The van der Waals surface area contributed by atoms with Gasteiger partial charge in [0, 0.05) is 6.04 Å². The molecule has 94 valence electrons. The Morgan fingerprint density at radius 2 is 1.94 bits per heavy atom. The molecule has 3 N–H and O–H groups in total. The fraction of sp³-hybridized carbons (Fsp3) is 0.385. The largest absolute Gasteiger partial charge is 0.374 e. The molecule has 0 fully saturated rings. The average Bonchev–Trinajstić information content (AvgIpc) is 2.94. The molecular weight excluding hydrogens is 244 g/mol. The van der Waals surface area contributed by atoms with E-state index in [1.165, 1.54) is 22.5 Å². The summed E-state index contributed by atoms with van der Waals surface area (Å²) in [7, 11) is 0. The second kappa shape index (κ2) is 4.66. The number of hydrogen-bond acceptors (Lipinski definition) is 5. The number of rotatable bonds is 3. The van der Waals surface area contributed by atoms with E-state index in [-0.39, 0.29) is 6.04 Å². The smallest absolute Gasteiger partial charge is 0.203 e. The van der Waals surface area contributed by atoms with Gasteiger partial charge in [0.2, 0.25) is 5.13 Å². The summed E-state index contributed by atoms with van der Waals surface area (Å²) in [6, 6.07) is 9.34. The van der Waals surface area contributed by atoms with Gasteiger partial charge in [-0.3, -0.25) is 0 Å². The van der Waals surface area contributed by atoms with Crippen LogP contribution in [0.1, 0.15) is 29.1 Å². The van der Waals surface area contributed by atoms with Crippen LogP contribution in [0.2, 0.25) is 0 Å². The van der Waals surface area contributed by atoms with E-state index in [9.17, 15) is 0 Å². The molecule has 0 saturated heterocycles. The van der Waals surface area contributed by atoms with E-state index in [4.69, 9.17) is 5.73 Å². The molecule has 1 aromatic heterocycles. The molecule has 3 rings (SSSR count). The maximum Gasteiger partial charge on any atom is 0.203 e. The van der Waals surface area contributed by atoms with E-state index in [1.54, 1.807) is 0 Å². The van der Waals surface area contributed by atoms with Crippen molar-refractivity contribution in [2.45, 2.75) is 31.8 Å². The fourth-order valence-electron chi connectivity index (χ4n) is 2.52. The zero-order chi connectivity index (χ0) is 12.5. The van der Waals surface area contributed by atoms with Crippen molar-refractivity contribution in [1.29, 1.82) is 0 Å². The van der Waals surface area contributed by atoms with Gasteiger partial charge in [0.1, 0.15) is 5.01 Å². The lowest BCUT2D eigenvalue weighted by Crippen LogP contribution is -2.32. The molecule has 0 amide bonds. The van der Waals surface area contributed by atoms with Gasteiger partial charge in [0.05, 0.1) is 6.04 Å². The molecule has 1 heterocycles. The predicted molar refractivity (Wildman–Crippen MR) is 73.5 cm³/mol. The van der Waals surface area contributed by atoms with E-state index in [1.807, 2.05) is 0 Å². The molecule has 1 aliphatic carbocycles.